The van der Waals surface area contributed by atoms with Gasteiger partial charge < -0.3 is 4.90 Å². The third-order valence-corrected chi connectivity index (χ3v) is 3.70. The first kappa shape index (κ1) is 14.5. The van der Waals surface area contributed by atoms with Crippen LogP contribution in [0.2, 0.25) is 0 Å². The molecule has 3 unspecified atom stereocenters. The molecule has 1 aliphatic heterocycles. The third-order valence-electron chi connectivity index (χ3n) is 3.70. The molecule has 100 valence electrons. The highest BCUT2D eigenvalue weighted by atomic mass is 16.2. The number of hydrogen-bond donors (Lipinski definition) is 1. The molecule has 0 saturated carbocycles. The van der Waals surface area contributed by atoms with Crippen LogP contribution in [0.15, 0.2) is 0 Å². The molecule has 0 bridgehead atoms. The molecule has 0 aliphatic carbocycles. The number of carbonyl (C=O) groups is 1. The molecule has 1 rings (SSSR count). The summed E-state index contributed by atoms with van der Waals surface area (Å²) in [6.07, 6.45) is 4.67. The van der Waals surface area contributed by atoms with Crippen molar-refractivity contribution in [2.75, 3.05) is 0 Å². The van der Waals surface area contributed by atoms with Crippen molar-refractivity contribution in [3.8, 4) is 0 Å². The van der Waals surface area contributed by atoms with E-state index in [2.05, 4.69) is 39.9 Å². The summed E-state index contributed by atoms with van der Waals surface area (Å²) in [5.41, 5.74) is 0. The lowest BCUT2D eigenvalue weighted by molar-refractivity contribution is -0.131. The molecule has 3 nitrogen and oxygen atoms in total. The maximum atomic E-state index is 12.1. The Balaban J connectivity index is 2.45. The summed E-state index contributed by atoms with van der Waals surface area (Å²) in [5.74, 6) is 1.05. The van der Waals surface area contributed by atoms with Crippen molar-refractivity contribution in [1.82, 2.24) is 10.2 Å². The number of nitrogens with one attached hydrogen (secondary N) is 1. The SMILES string of the molecule is CCC1NC(C)N(C(C)CCCC(C)C)C1=O. The predicted octanol–water partition coefficient (Wildman–Crippen LogP) is 2.76. The maximum absolute atomic E-state index is 12.1. The molecule has 1 saturated heterocycles. The first-order valence-corrected chi connectivity index (χ1v) is 7.05. The second-order valence-corrected chi connectivity index (χ2v) is 5.72. The second kappa shape index (κ2) is 6.39. The van der Waals surface area contributed by atoms with E-state index in [1.54, 1.807) is 0 Å². The second-order valence-electron chi connectivity index (χ2n) is 5.72. The zero-order chi connectivity index (χ0) is 13.0. The maximum Gasteiger partial charge on any atom is 0.241 e. The van der Waals surface area contributed by atoms with Gasteiger partial charge in [0.25, 0.3) is 0 Å². The third kappa shape index (κ3) is 3.70. The molecule has 1 N–H and O–H groups in total. The minimum atomic E-state index is 0.0394. The number of carbonyl (C=O) groups excluding carboxylic acids is 1. The van der Waals surface area contributed by atoms with Gasteiger partial charge in [0, 0.05) is 6.04 Å². The Morgan fingerprint density at radius 1 is 1.29 bits per heavy atom. The number of amides is 1. The fourth-order valence-corrected chi connectivity index (χ4v) is 2.67. The standard InChI is InChI=1S/C14H28N2O/c1-6-13-14(17)16(12(5)15-13)11(4)9-7-8-10(2)3/h10-13,15H,6-9H2,1-5H3. The van der Waals surface area contributed by atoms with Crippen molar-refractivity contribution in [1.29, 1.82) is 0 Å². The van der Waals surface area contributed by atoms with Gasteiger partial charge >= 0.3 is 0 Å². The zero-order valence-electron chi connectivity index (χ0n) is 12.0. The van der Waals surface area contributed by atoms with Crippen LogP contribution in [0.5, 0.6) is 0 Å². The molecule has 1 aliphatic rings. The summed E-state index contributed by atoms with van der Waals surface area (Å²) >= 11 is 0. The molecule has 1 heterocycles. The van der Waals surface area contributed by atoms with Crippen LogP contribution in [0.25, 0.3) is 0 Å². The molecule has 3 heteroatoms. The molecule has 0 aromatic heterocycles. The van der Waals surface area contributed by atoms with Crippen LogP contribution in [-0.4, -0.2) is 29.1 Å². The smallest absolute Gasteiger partial charge is 0.241 e. The van der Waals surface area contributed by atoms with Gasteiger partial charge in [0.15, 0.2) is 0 Å². The van der Waals surface area contributed by atoms with Crippen molar-refractivity contribution < 1.29 is 4.79 Å². The van der Waals surface area contributed by atoms with E-state index in [0.717, 1.165) is 18.8 Å². The first-order chi connectivity index (χ1) is 7.97. The Hall–Kier alpha value is -0.570. The van der Waals surface area contributed by atoms with E-state index in [1.165, 1.54) is 12.8 Å². The van der Waals surface area contributed by atoms with Gasteiger partial charge in [0.2, 0.25) is 5.91 Å². The van der Waals surface area contributed by atoms with Crippen LogP contribution in [-0.2, 0) is 4.79 Å². The molecule has 0 radical (unpaired) electrons. The molecule has 0 aromatic carbocycles. The fourth-order valence-electron chi connectivity index (χ4n) is 2.67. The van der Waals surface area contributed by atoms with Gasteiger partial charge in [-0.3, -0.25) is 10.1 Å². The van der Waals surface area contributed by atoms with Crippen LogP contribution in [0.4, 0.5) is 0 Å². The normalized spacial score (nSPS) is 26.9. The van der Waals surface area contributed by atoms with Crippen molar-refractivity contribution >= 4 is 5.91 Å². The summed E-state index contributed by atoms with van der Waals surface area (Å²) in [6.45, 7) is 10.8. The lowest BCUT2D eigenvalue weighted by Gasteiger charge is -2.28. The van der Waals surface area contributed by atoms with Gasteiger partial charge in [-0.05, 0) is 32.6 Å². The van der Waals surface area contributed by atoms with Crippen LogP contribution in [0.1, 0.15) is 60.3 Å². The molecular formula is C14H28N2O. The van der Waals surface area contributed by atoms with Gasteiger partial charge in [-0.15, -0.1) is 0 Å². The summed E-state index contributed by atoms with van der Waals surface area (Å²) in [7, 11) is 0. The number of hydrogen-bond acceptors (Lipinski definition) is 2. The van der Waals surface area contributed by atoms with Gasteiger partial charge in [0.1, 0.15) is 0 Å². The topological polar surface area (TPSA) is 32.3 Å². The molecule has 0 spiro atoms. The average molecular weight is 240 g/mol. The monoisotopic (exact) mass is 240 g/mol. The van der Waals surface area contributed by atoms with E-state index >= 15 is 0 Å². The zero-order valence-corrected chi connectivity index (χ0v) is 12.0. The molecule has 1 amide bonds. The Morgan fingerprint density at radius 3 is 2.41 bits per heavy atom. The Bertz CT molecular complexity index is 253. The number of nitrogens with zero attached hydrogens (tertiary/aromatic N) is 1. The summed E-state index contributed by atoms with van der Waals surface area (Å²) in [5, 5.41) is 3.36. The minimum Gasteiger partial charge on any atom is -0.323 e. The van der Waals surface area contributed by atoms with Crippen LogP contribution in [0.3, 0.4) is 0 Å². The van der Waals surface area contributed by atoms with Crippen LogP contribution in [0, 0.1) is 5.92 Å². The van der Waals surface area contributed by atoms with Crippen molar-refractivity contribution in [3.05, 3.63) is 0 Å². The van der Waals surface area contributed by atoms with Crippen LogP contribution < -0.4 is 5.32 Å². The Kier molecular flexibility index (Phi) is 5.44. The van der Waals surface area contributed by atoms with Crippen molar-refractivity contribution in [3.63, 3.8) is 0 Å². The quantitative estimate of drug-likeness (QED) is 0.774. The molecule has 3 atom stereocenters. The van der Waals surface area contributed by atoms with E-state index in [1.807, 2.05) is 4.90 Å². The van der Waals surface area contributed by atoms with E-state index in [4.69, 9.17) is 0 Å². The molecular weight excluding hydrogens is 212 g/mol. The largest absolute Gasteiger partial charge is 0.323 e. The fraction of sp³-hybridized carbons (Fsp3) is 0.929. The van der Waals surface area contributed by atoms with E-state index < -0.39 is 0 Å². The highest BCUT2D eigenvalue weighted by molar-refractivity contribution is 5.84. The summed E-state index contributed by atoms with van der Waals surface area (Å²) < 4.78 is 0. The Labute approximate surface area is 106 Å². The highest BCUT2D eigenvalue weighted by Crippen LogP contribution is 2.20. The lowest BCUT2D eigenvalue weighted by atomic mass is 10.0. The van der Waals surface area contributed by atoms with E-state index in [0.29, 0.717) is 6.04 Å². The van der Waals surface area contributed by atoms with Gasteiger partial charge in [-0.25, -0.2) is 0 Å². The average Bonchev–Trinajstić information content (AvgIpc) is 2.53. The van der Waals surface area contributed by atoms with Crippen LogP contribution >= 0.6 is 0 Å². The van der Waals surface area contributed by atoms with Gasteiger partial charge in [-0.2, -0.15) is 0 Å². The molecule has 1 fully saturated rings. The Morgan fingerprint density at radius 2 is 1.94 bits per heavy atom. The number of rotatable bonds is 6. The van der Waals surface area contributed by atoms with Crippen molar-refractivity contribution in [2.45, 2.75) is 78.6 Å². The first-order valence-electron chi connectivity index (χ1n) is 7.05. The molecule has 17 heavy (non-hydrogen) atoms. The van der Waals surface area contributed by atoms with Gasteiger partial charge in [-0.1, -0.05) is 33.6 Å². The minimum absolute atomic E-state index is 0.0394. The van der Waals surface area contributed by atoms with E-state index in [9.17, 15) is 4.79 Å². The van der Waals surface area contributed by atoms with Crippen molar-refractivity contribution in [2.24, 2.45) is 5.92 Å². The summed E-state index contributed by atoms with van der Waals surface area (Å²) in [4.78, 5) is 14.2. The summed E-state index contributed by atoms with van der Waals surface area (Å²) in [6, 6.07) is 0.401. The predicted molar refractivity (Wildman–Crippen MR) is 71.7 cm³/mol. The van der Waals surface area contributed by atoms with Gasteiger partial charge in [0.05, 0.1) is 12.2 Å². The van der Waals surface area contributed by atoms with E-state index in [-0.39, 0.29) is 18.1 Å². The highest BCUT2D eigenvalue weighted by Gasteiger charge is 2.37. The lowest BCUT2D eigenvalue weighted by Crippen LogP contribution is -2.41. The molecule has 0 aromatic rings.